The number of aromatic nitrogens is 1. The summed E-state index contributed by atoms with van der Waals surface area (Å²) in [5.41, 5.74) is 0.568. The lowest BCUT2D eigenvalue weighted by Gasteiger charge is -2.29. The van der Waals surface area contributed by atoms with Crippen LogP contribution in [0.2, 0.25) is 0 Å². The molecule has 1 fully saturated rings. The molecule has 1 aliphatic rings. The number of hydrogen-bond donors (Lipinski definition) is 3. The van der Waals surface area contributed by atoms with Crippen LogP contribution >= 0.6 is 0 Å². The average molecular weight is 512 g/mol. The predicted octanol–water partition coefficient (Wildman–Crippen LogP) is 4.27. The second-order valence-electron chi connectivity index (χ2n) is 8.87. The third kappa shape index (κ3) is 7.16. The molecule has 1 heterocycles. The molecule has 194 valence electrons. The number of hydrogen-bond acceptors (Lipinski definition) is 6. The fraction of sp³-hybridized carbons (Fsp3) is 0.296. The van der Waals surface area contributed by atoms with Gasteiger partial charge in [0.15, 0.2) is 0 Å². The van der Waals surface area contributed by atoms with Gasteiger partial charge < -0.3 is 25.2 Å². The summed E-state index contributed by atoms with van der Waals surface area (Å²) >= 11 is 0. The summed E-state index contributed by atoms with van der Waals surface area (Å²) in [6, 6.07) is 10.7. The molecule has 0 atom stereocenters. The van der Waals surface area contributed by atoms with Crippen LogP contribution < -0.4 is 20.1 Å². The Balaban J connectivity index is 1.30. The summed E-state index contributed by atoms with van der Waals surface area (Å²) in [5.74, 6) is -1.17. The Morgan fingerprint density at radius 3 is 2.30 bits per heavy atom. The Morgan fingerprint density at radius 2 is 1.62 bits per heavy atom. The first kappa shape index (κ1) is 25.9. The van der Waals surface area contributed by atoms with Crippen LogP contribution in [-0.4, -0.2) is 41.1 Å². The molecule has 3 aromatic rings. The van der Waals surface area contributed by atoms with Gasteiger partial charge in [-0.25, -0.2) is 13.8 Å². The molecular weight excluding hydrogens is 484 g/mol. The number of aromatic hydroxyl groups is 1. The van der Waals surface area contributed by atoms with E-state index in [-0.39, 0.29) is 47.4 Å². The van der Waals surface area contributed by atoms with Crippen molar-refractivity contribution in [2.75, 3.05) is 7.11 Å². The molecule has 2 aromatic carbocycles. The highest BCUT2D eigenvalue weighted by atomic mass is 19.1. The fourth-order valence-electron chi connectivity index (χ4n) is 4.26. The predicted molar refractivity (Wildman–Crippen MR) is 131 cm³/mol. The summed E-state index contributed by atoms with van der Waals surface area (Å²) < 4.78 is 37.7. The number of ether oxygens (including phenoxy) is 2. The smallest absolute Gasteiger partial charge is 0.257 e. The molecule has 37 heavy (non-hydrogen) atoms. The Kier molecular flexibility index (Phi) is 8.17. The van der Waals surface area contributed by atoms with Crippen LogP contribution in [0.1, 0.15) is 41.6 Å². The molecule has 1 aromatic heterocycles. The minimum atomic E-state index is -0.688. The maximum atomic E-state index is 13.9. The molecule has 2 amide bonds. The van der Waals surface area contributed by atoms with Gasteiger partial charge in [0.2, 0.25) is 11.8 Å². The number of nitrogens with one attached hydrogen (secondary N) is 2. The van der Waals surface area contributed by atoms with Crippen LogP contribution in [0.4, 0.5) is 8.78 Å². The van der Waals surface area contributed by atoms with Crippen molar-refractivity contribution < 1.29 is 33.0 Å². The lowest BCUT2D eigenvalue weighted by molar-refractivity contribution is -0.121. The summed E-state index contributed by atoms with van der Waals surface area (Å²) in [4.78, 5) is 29.3. The quantitative estimate of drug-likeness (QED) is 0.417. The number of benzene rings is 2. The average Bonchev–Trinajstić information content (AvgIpc) is 2.87. The maximum absolute atomic E-state index is 13.9. The van der Waals surface area contributed by atoms with E-state index in [0.29, 0.717) is 37.0 Å². The second-order valence-corrected chi connectivity index (χ2v) is 8.87. The normalized spacial score (nSPS) is 17.1. The highest BCUT2D eigenvalue weighted by Crippen LogP contribution is 2.26. The highest BCUT2D eigenvalue weighted by molar-refractivity contribution is 5.96. The van der Waals surface area contributed by atoms with Crippen molar-refractivity contribution >= 4 is 11.8 Å². The zero-order valence-electron chi connectivity index (χ0n) is 20.2. The van der Waals surface area contributed by atoms with E-state index in [1.807, 2.05) is 0 Å². The summed E-state index contributed by atoms with van der Waals surface area (Å²) in [5, 5.41) is 15.7. The van der Waals surface area contributed by atoms with Gasteiger partial charge in [-0.2, -0.15) is 0 Å². The van der Waals surface area contributed by atoms with Crippen molar-refractivity contribution in [3.05, 3.63) is 77.5 Å². The monoisotopic (exact) mass is 511 g/mol. The van der Waals surface area contributed by atoms with Gasteiger partial charge in [0, 0.05) is 18.2 Å². The van der Waals surface area contributed by atoms with Crippen LogP contribution in [0, 0.1) is 11.6 Å². The number of amides is 2. The topological polar surface area (TPSA) is 110 Å². The van der Waals surface area contributed by atoms with E-state index < -0.39 is 17.5 Å². The van der Waals surface area contributed by atoms with E-state index in [2.05, 4.69) is 15.6 Å². The molecule has 10 heteroatoms. The molecule has 0 saturated heterocycles. The van der Waals surface area contributed by atoms with E-state index in [1.54, 1.807) is 6.07 Å². The lowest BCUT2D eigenvalue weighted by atomic mass is 9.90. The van der Waals surface area contributed by atoms with Crippen molar-refractivity contribution in [3.8, 4) is 23.1 Å². The molecule has 0 unspecified atom stereocenters. The Bertz CT molecular complexity index is 1260. The molecule has 0 bridgehead atoms. The minimum absolute atomic E-state index is 0.0260. The molecule has 4 rings (SSSR count). The largest absolute Gasteiger partial charge is 0.508 e. The van der Waals surface area contributed by atoms with Crippen LogP contribution in [0.3, 0.4) is 0 Å². The number of pyridine rings is 1. The van der Waals surface area contributed by atoms with E-state index >= 15 is 0 Å². The Labute approximate surface area is 212 Å². The zero-order chi connectivity index (χ0) is 26.4. The van der Waals surface area contributed by atoms with Gasteiger partial charge in [0.05, 0.1) is 19.7 Å². The van der Waals surface area contributed by atoms with Gasteiger partial charge in [0.1, 0.15) is 34.4 Å². The standard InChI is InChI=1S/C27H27F2N3O5/c1-36-23-11-16(10-21(33)14-23)12-25(34)31-19-4-6-20(7-5-19)32-26(35)24-13-18(29)15-30-27(24)37-22-8-2-17(28)3-9-22/h2-3,8-11,13-15,19-20,33H,4-7,12H2,1H3,(H,31,34)(H,32,35). The Morgan fingerprint density at radius 1 is 0.946 bits per heavy atom. The number of halogens is 2. The summed E-state index contributed by atoms with van der Waals surface area (Å²) in [6.45, 7) is 0. The Hall–Kier alpha value is -4.21. The second kappa shape index (κ2) is 11.7. The van der Waals surface area contributed by atoms with E-state index in [9.17, 15) is 23.5 Å². The van der Waals surface area contributed by atoms with Crippen molar-refractivity contribution in [1.82, 2.24) is 15.6 Å². The van der Waals surface area contributed by atoms with Gasteiger partial charge in [-0.1, -0.05) is 0 Å². The van der Waals surface area contributed by atoms with Crippen LogP contribution in [0.15, 0.2) is 54.7 Å². The third-order valence-electron chi connectivity index (χ3n) is 6.07. The van der Waals surface area contributed by atoms with Crippen molar-refractivity contribution in [1.29, 1.82) is 0 Å². The first-order valence-electron chi connectivity index (χ1n) is 11.8. The molecule has 0 spiro atoms. The van der Waals surface area contributed by atoms with Crippen LogP contribution in [0.5, 0.6) is 23.1 Å². The van der Waals surface area contributed by atoms with Crippen LogP contribution in [0.25, 0.3) is 0 Å². The van der Waals surface area contributed by atoms with Gasteiger partial charge >= 0.3 is 0 Å². The molecule has 0 aliphatic heterocycles. The number of rotatable bonds is 8. The zero-order valence-corrected chi connectivity index (χ0v) is 20.2. The first-order chi connectivity index (χ1) is 17.8. The third-order valence-corrected chi connectivity index (χ3v) is 6.07. The van der Waals surface area contributed by atoms with Gasteiger partial charge in [0.25, 0.3) is 5.91 Å². The molecule has 0 radical (unpaired) electrons. The molecule has 1 aliphatic carbocycles. The summed E-state index contributed by atoms with van der Waals surface area (Å²) in [7, 11) is 1.49. The van der Waals surface area contributed by atoms with Crippen LogP contribution in [-0.2, 0) is 11.2 Å². The lowest BCUT2D eigenvalue weighted by Crippen LogP contribution is -2.44. The molecular formula is C27H27F2N3O5. The van der Waals surface area contributed by atoms with Gasteiger partial charge in [-0.15, -0.1) is 0 Å². The number of phenols is 1. The minimum Gasteiger partial charge on any atom is -0.508 e. The SMILES string of the molecule is COc1cc(O)cc(CC(=O)NC2CCC(NC(=O)c3cc(F)cnc3Oc3ccc(F)cc3)CC2)c1. The van der Waals surface area contributed by atoms with Crippen molar-refractivity contribution in [2.45, 2.75) is 44.2 Å². The first-order valence-corrected chi connectivity index (χ1v) is 11.8. The van der Waals surface area contributed by atoms with E-state index in [0.717, 1.165) is 12.3 Å². The van der Waals surface area contributed by atoms with Crippen molar-refractivity contribution in [2.24, 2.45) is 0 Å². The molecule has 1 saturated carbocycles. The number of carbonyl (C=O) groups excluding carboxylic acids is 2. The fourth-order valence-corrected chi connectivity index (χ4v) is 4.26. The maximum Gasteiger partial charge on any atom is 0.257 e. The number of carbonyl (C=O) groups is 2. The number of methoxy groups -OCH3 is 1. The van der Waals surface area contributed by atoms with E-state index in [1.165, 1.54) is 43.5 Å². The van der Waals surface area contributed by atoms with E-state index in [4.69, 9.17) is 9.47 Å². The highest BCUT2D eigenvalue weighted by Gasteiger charge is 2.26. The van der Waals surface area contributed by atoms with Crippen molar-refractivity contribution in [3.63, 3.8) is 0 Å². The van der Waals surface area contributed by atoms with Gasteiger partial charge in [-0.3, -0.25) is 9.59 Å². The number of phenolic OH excluding ortho intramolecular Hbond substituents is 1. The number of nitrogens with zero attached hydrogens (tertiary/aromatic N) is 1. The van der Waals surface area contributed by atoms with Gasteiger partial charge in [-0.05, 0) is 73.7 Å². The molecule has 8 nitrogen and oxygen atoms in total. The molecule has 3 N–H and O–H groups in total. The summed E-state index contributed by atoms with van der Waals surface area (Å²) in [6.07, 6.45) is 3.59.